The van der Waals surface area contributed by atoms with E-state index in [1.165, 1.54) is 13.8 Å². The Morgan fingerprint density at radius 1 is 0.786 bits per heavy atom. The van der Waals surface area contributed by atoms with Gasteiger partial charge in [0.1, 0.15) is 0 Å². The molecule has 0 saturated heterocycles. The molecule has 0 spiro atoms. The number of hydrogen-bond donors (Lipinski definition) is 0. The predicted molar refractivity (Wildman–Crippen MR) is 52.2 cm³/mol. The minimum Gasteiger partial charge on any atom is -0.291 e. The van der Waals surface area contributed by atoms with E-state index in [-0.39, 0.29) is 22.4 Å². The maximum atomic E-state index is 10.4. The molecular weight excluding hydrogens is 184 g/mol. The highest BCUT2D eigenvalue weighted by Crippen LogP contribution is 1.91. The summed E-state index contributed by atoms with van der Waals surface area (Å²) in [6.45, 7) is 5.84. The Morgan fingerprint density at radius 3 is 1.07 bits per heavy atom. The molecule has 0 N–H and O–H groups in total. The molecule has 0 saturated carbocycles. The maximum absolute atomic E-state index is 10.4. The molecule has 4 heteroatoms. The highest BCUT2D eigenvalue weighted by atomic mass is 16.2. The lowest BCUT2D eigenvalue weighted by Crippen LogP contribution is -2.36. The van der Waals surface area contributed by atoms with Crippen LogP contribution in [0.3, 0.4) is 0 Å². The lowest BCUT2D eigenvalue weighted by atomic mass is 10.1. The van der Waals surface area contributed by atoms with E-state index in [1.54, 1.807) is 13.8 Å². The van der Waals surface area contributed by atoms with Crippen LogP contribution < -0.4 is 10.9 Å². The molecule has 0 atom stereocenters. The summed E-state index contributed by atoms with van der Waals surface area (Å²) in [5.74, 6) is -0.759. The number of Topliss-reactive ketones (excluding diaryl/α,β-unsaturated/α-hetero) is 2. The largest absolute Gasteiger partial charge is 0.291 e. The van der Waals surface area contributed by atoms with Gasteiger partial charge in [-0.2, -0.15) is 0 Å². The molecule has 1 rings (SSSR count). The fraction of sp³-hybridized carbons (Fsp3) is 0.400. The molecular formula is C10H12O4. The smallest absolute Gasteiger partial charge is 0.229 e. The first-order valence-corrected chi connectivity index (χ1v) is 4.07. The van der Waals surface area contributed by atoms with Crippen molar-refractivity contribution in [2.45, 2.75) is 27.7 Å². The van der Waals surface area contributed by atoms with Crippen LogP contribution in [0.1, 0.15) is 25.0 Å². The lowest BCUT2D eigenvalue weighted by Gasteiger charge is -1.95. The Hall–Kier alpha value is -1.58. The van der Waals surface area contributed by atoms with Gasteiger partial charge in [0.15, 0.2) is 11.6 Å². The number of rotatable bonds is 1. The van der Waals surface area contributed by atoms with E-state index in [9.17, 15) is 19.2 Å². The van der Waals surface area contributed by atoms with Crippen LogP contribution in [0.5, 0.6) is 0 Å². The second-order valence-electron chi connectivity index (χ2n) is 3.02. The number of carbonyl (C=O) groups is 2. The van der Waals surface area contributed by atoms with Crippen LogP contribution in [0.4, 0.5) is 0 Å². The number of ketones is 2. The van der Waals surface area contributed by atoms with Gasteiger partial charge in [0.05, 0.1) is 0 Å². The van der Waals surface area contributed by atoms with Gasteiger partial charge >= 0.3 is 0 Å². The molecule has 0 amide bonds. The standard InChI is InChI=1S/C6H6O2.C4H6O2/c1-3-4(2)6(8)5(3)7;1-3(5)4(2)6/h1-2H3;1-2H3. The third kappa shape index (κ3) is 2.73. The van der Waals surface area contributed by atoms with Gasteiger partial charge in [-0.25, -0.2) is 0 Å². The molecule has 0 aliphatic carbocycles. The Balaban J connectivity index is 0.000000255. The second kappa shape index (κ2) is 4.60. The maximum Gasteiger partial charge on any atom is 0.229 e. The average Bonchev–Trinajstić information content (AvgIpc) is 2.15. The monoisotopic (exact) mass is 196 g/mol. The fourth-order valence-corrected chi connectivity index (χ4v) is 0.619. The summed E-state index contributed by atoms with van der Waals surface area (Å²) in [6, 6.07) is 0. The molecule has 0 unspecified atom stereocenters. The van der Waals surface area contributed by atoms with Crippen molar-refractivity contribution in [1.29, 1.82) is 0 Å². The van der Waals surface area contributed by atoms with Crippen molar-refractivity contribution < 1.29 is 9.59 Å². The van der Waals surface area contributed by atoms with Crippen LogP contribution in [0.15, 0.2) is 9.59 Å². The van der Waals surface area contributed by atoms with Crippen molar-refractivity contribution in [3.63, 3.8) is 0 Å². The molecule has 14 heavy (non-hydrogen) atoms. The summed E-state index contributed by atoms with van der Waals surface area (Å²) in [6.07, 6.45) is 0. The minimum absolute atomic E-state index is 0.317. The third-order valence-electron chi connectivity index (χ3n) is 1.95. The van der Waals surface area contributed by atoms with Crippen molar-refractivity contribution in [3.05, 3.63) is 31.6 Å². The fourth-order valence-electron chi connectivity index (χ4n) is 0.619. The first kappa shape index (κ1) is 12.4. The third-order valence-corrected chi connectivity index (χ3v) is 1.95. The van der Waals surface area contributed by atoms with Crippen molar-refractivity contribution in [1.82, 2.24) is 0 Å². The van der Waals surface area contributed by atoms with Gasteiger partial charge in [0.25, 0.3) is 0 Å². The molecule has 0 aliphatic rings. The summed E-state index contributed by atoms with van der Waals surface area (Å²) in [7, 11) is 0. The molecule has 0 aromatic heterocycles. The summed E-state index contributed by atoms with van der Waals surface area (Å²) in [5.41, 5.74) is 0.606. The Kier molecular flexibility index (Phi) is 4.08. The van der Waals surface area contributed by atoms with Crippen molar-refractivity contribution in [3.8, 4) is 0 Å². The topological polar surface area (TPSA) is 68.3 Å². The van der Waals surface area contributed by atoms with E-state index in [4.69, 9.17) is 0 Å². The van der Waals surface area contributed by atoms with Crippen LogP contribution in [0, 0.1) is 13.8 Å². The van der Waals surface area contributed by atoms with Crippen LogP contribution in [-0.4, -0.2) is 11.6 Å². The highest BCUT2D eigenvalue weighted by Gasteiger charge is 2.10. The molecule has 0 aliphatic heterocycles. The Labute approximate surface area is 81.3 Å². The first-order chi connectivity index (χ1) is 6.29. The van der Waals surface area contributed by atoms with Crippen LogP contribution >= 0.6 is 0 Å². The highest BCUT2D eigenvalue weighted by molar-refractivity contribution is 6.35. The zero-order valence-corrected chi connectivity index (χ0v) is 8.63. The van der Waals surface area contributed by atoms with E-state index in [1.807, 2.05) is 0 Å². The first-order valence-electron chi connectivity index (χ1n) is 4.07. The molecule has 1 aromatic carbocycles. The molecule has 0 heterocycles. The van der Waals surface area contributed by atoms with Gasteiger partial charge in [-0.05, 0) is 13.8 Å². The van der Waals surface area contributed by atoms with Crippen LogP contribution in [0.2, 0.25) is 0 Å². The van der Waals surface area contributed by atoms with Crippen LogP contribution in [-0.2, 0) is 9.59 Å². The molecule has 76 valence electrons. The minimum atomic E-state index is -0.380. The lowest BCUT2D eigenvalue weighted by molar-refractivity contribution is -0.134. The van der Waals surface area contributed by atoms with E-state index in [0.29, 0.717) is 11.1 Å². The van der Waals surface area contributed by atoms with E-state index in [0.717, 1.165) is 0 Å². The zero-order chi connectivity index (χ0) is 11.5. The van der Waals surface area contributed by atoms with Gasteiger partial charge in [-0.3, -0.25) is 19.2 Å². The molecule has 0 bridgehead atoms. The van der Waals surface area contributed by atoms with Gasteiger partial charge in [0.2, 0.25) is 10.9 Å². The van der Waals surface area contributed by atoms with Gasteiger partial charge in [-0.15, -0.1) is 0 Å². The predicted octanol–water partition coefficient (Wildman–Crippen LogP) is 0.0638. The summed E-state index contributed by atoms with van der Waals surface area (Å²) >= 11 is 0. The second-order valence-corrected chi connectivity index (χ2v) is 3.02. The molecule has 4 nitrogen and oxygen atoms in total. The zero-order valence-electron chi connectivity index (χ0n) is 8.63. The molecule has 0 fully saturated rings. The summed E-state index contributed by atoms with van der Waals surface area (Å²) in [4.78, 5) is 40.3. The quantitative estimate of drug-likeness (QED) is 0.596. The van der Waals surface area contributed by atoms with Crippen LogP contribution in [0.25, 0.3) is 0 Å². The van der Waals surface area contributed by atoms with Crippen molar-refractivity contribution in [2.24, 2.45) is 0 Å². The van der Waals surface area contributed by atoms with Gasteiger partial charge < -0.3 is 0 Å². The van der Waals surface area contributed by atoms with Crippen molar-refractivity contribution in [2.75, 3.05) is 0 Å². The van der Waals surface area contributed by atoms with E-state index < -0.39 is 0 Å². The van der Waals surface area contributed by atoms with Gasteiger partial charge in [-0.1, -0.05) is 0 Å². The SMILES string of the molecule is CC(=O)C(C)=O.Cc1c(C)c(=O)c1=O. The number of hydrogen-bond acceptors (Lipinski definition) is 4. The molecule has 1 aromatic rings. The molecule has 0 radical (unpaired) electrons. The van der Waals surface area contributed by atoms with Crippen molar-refractivity contribution >= 4 is 11.6 Å². The van der Waals surface area contributed by atoms with Gasteiger partial charge in [0, 0.05) is 25.0 Å². The Bertz CT molecular complexity index is 391. The van der Waals surface area contributed by atoms with E-state index >= 15 is 0 Å². The summed E-state index contributed by atoms with van der Waals surface area (Å²) < 4.78 is 0. The normalized spacial score (nSPS) is 9.14. The Morgan fingerprint density at radius 2 is 1.00 bits per heavy atom. The average molecular weight is 196 g/mol. The van der Waals surface area contributed by atoms with E-state index in [2.05, 4.69) is 0 Å². The summed E-state index contributed by atoms with van der Waals surface area (Å²) in [5, 5.41) is 0. The number of carbonyl (C=O) groups excluding carboxylic acids is 2.